The van der Waals surface area contributed by atoms with Gasteiger partial charge in [-0.3, -0.25) is 14.4 Å². The molecule has 0 aromatic rings. The van der Waals surface area contributed by atoms with Gasteiger partial charge in [0.15, 0.2) is 6.10 Å². The molecule has 0 rings (SSSR count). The molecule has 0 radical (unpaired) electrons. The molecule has 0 spiro atoms. The van der Waals surface area contributed by atoms with Gasteiger partial charge in [0, 0.05) is 19.3 Å². The topological polar surface area (TPSA) is 78.9 Å². The van der Waals surface area contributed by atoms with Gasteiger partial charge in [-0.1, -0.05) is 216 Å². The first kappa shape index (κ1) is 59.5. The first-order valence-electron chi connectivity index (χ1n) is 24.4. The lowest BCUT2D eigenvalue weighted by molar-refractivity contribution is -0.167. The number of hydrogen-bond acceptors (Lipinski definition) is 6. The predicted molar refractivity (Wildman–Crippen MR) is 278 cm³/mol. The highest BCUT2D eigenvalue weighted by Gasteiger charge is 2.19. The van der Waals surface area contributed by atoms with Crippen LogP contribution in [0.2, 0.25) is 0 Å². The summed E-state index contributed by atoms with van der Waals surface area (Å²) in [5, 5.41) is 0. The van der Waals surface area contributed by atoms with Crippen LogP contribution in [0, 0.1) is 0 Å². The number of allylic oxidation sites excluding steroid dienone is 30. The Morgan fingerprint density at radius 2 is 0.646 bits per heavy atom. The molecule has 0 fully saturated rings. The van der Waals surface area contributed by atoms with Gasteiger partial charge in [-0.05, 0) is 96.3 Å². The van der Waals surface area contributed by atoms with Crippen molar-refractivity contribution in [2.45, 2.75) is 155 Å². The first-order valence-corrected chi connectivity index (χ1v) is 24.4. The molecule has 0 saturated carbocycles. The van der Waals surface area contributed by atoms with Crippen molar-refractivity contribution in [3.8, 4) is 0 Å². The van der Waals surface area contributed by atoms with E-state index in [0.717, 1.165) is 96.3 Å². The molecule has 1 unspecified atom stereocenters. The number of hydrogen-bond donors (Lipinski definition) is 0. The van der Waals surface area contributed by atoms with Gasteiger partial charge in [0.25, 0.3) is 0 Å². The molecule has 0 aliphatic rings. The highest BCUT2D eigenvalue weighted by Crippen LogP contribution is 2.10. The van der Waals surface area contributed by atoms with Gasteiger partial charge in [0.2, 0.25) is 0 Å². The summed E-state index contributed by atoms with van der Waals surface area (Å²) < 4.78 is 16.6. The second-order valence-corrected chi connectivity index (χ2v) is 15.1. The number of esters is 3. The van der Waals surface area contributed by atoms with E-state index in [0.29, 0.717) is 12.8 Å². The zero-order valence-corrected chi connectivity index (χ0v) is 40.4. The fraction of sp³-hybridized carbons (Fsp3) is 0.441. The van der Waals surface area contributed by atoms with E-state index in [-0.39, 0.29) is 50.4 Å². The SMILES string of the molecule is CC\C=C/C=C\C=C/C=C\C=C/CCCCCC(=O)OC(COC(=O)CCC\C=C/C=C\C=C/C=C\C=C/CC)COC(=O)CCCCC/C=C\C/C=C\C/C=C\C/C=C\C/C=C\CC. The summed E-state index contributed by atoms with van der Waals surface area (Å²) in [6.45, 7) is 6.06. The van der Waals surface area contributed by atoms with E-state index in [1.165, 1.54) is 0 Å². The highest BCUT2D eigenvalue weighted by atomic mass is 16.6. The van der Waals surface area contributed by atoms with Crippen molar-refractivity contribution in [3.63, 3.8) is 0 Å². The zero-order valence-electron chi connectivity index (χ0n) is 40.4. The summed E-state index contributed by atoms with van der Waals surface area (Å²) in [5.41, 5.74) is 0. The van der Waals surface area contributed by atoms with Gasteiger partial charge >= 0.3 is 17.9 Å². The number of rotatable bonds is 40. The van der Waals surface area contributed by atoms with Crippen LogP contribution in [0.4, 0.5) is 0 Å². The van der Waals surface area contributed by atoms with Crippen LogP contribution < -0.4 is 0 Å². The van der Waals surface area contributed by atoms with Gasteiger partial charge in [-0.25, -0.2) is 0 Å². The lowest BCUT2D eigenvalue weighted by Gasteiger charge is -2.18. The van der Waals surface area contributed by atoms with Crippen LogP contribution >= 0.6 is 0 Å². The number of carbonyl (C=O) groups excluding carboxylic acids is 3. The number of carbonyl (C=O) groups is 3. The first-order chi connectivity index (χ1) is 32.0. The summed E-state index contributed by atoms with van der Waals surface area (Å²) in [5.74, 6) is -1.12. The predicted octanol–water partition coefficient (Wildman–Crippen LogP) is 16.2. The van der Waals surface area contributed by atoms with Gasteiger partial charge < -0.3 is 14.2 Å². The van der Waals surface area contributed by atoms with Gasteiger partial charge in [-0.15, -0.1) is 0 Å². The molecule has 6 heteroatoms. The summed E-state index contributed by atoms with van der Waals surface area (Å²) in [7, 11) is 0. The van der Waals surface area contributed by atoms with E-state index in [9.17, 15) is 14.4 Å². The standard InChI is InChI=1S/C59H84O6/c1-4-7-10-13-16-19-22-25-27-28-29-30-32-34-37-40-43-46-49-52-58(61)64-55-56(54-63-57(60)51-48-45-42-39-36-33-24-21-18-15-12-9-6-3)65-59(62)53-50-47-44-41-38-35-31-26-23-20-17-14-11-8-5-2/h7-12,14-21,23-27,29-31,33-39,42,56H,4-6,13,22,28,32,40-41,43-55H2,1-3H3/b10-7-,11-8-,12-9-,17-14-,18-15-,19-16-,23-20-,24-21-,27-25-,30-29-,31-26-,36-33-,37-34-,38-35-,42-39-. The minimum Gasteiger partial charge on any atom is -0.462 e. The van der Waals surface area contributed by atoms with E-state index in [2.05, 4.69) is 99.8 Å². The molecule has 0 saturated heterocycles. The van der Waals surface area contributed by atoms with Crippen molar-refractivity contribution >= 4 is 17.9 Å². The third-order valence-electron chi connectivity index (χ3n) is 9.14. The molecule has 356 valence electrons. The second-order valence-electron chi connectivity index (χ2n) is 15.1. The summed E-state index contributed by atoms with van der Waals surface area (Å²) in [6.07, 6.45) is 77.4. The molecule has 0 N–H and O–H groups in total. The van der Waals surface area contributed by atoms with Crippen molar-refractivity contribution in [2.75, 3.05) is 13.2 Å². The number of ether oxygens (including phenoxy) is 3. The fourth-order valence-corrected chi connectivity index (χ4v) is 5.58. The Morgan fingerprint density at radius 1 is 0.323 bits per heavy atom. The Bertz CT molecular complexity index is 1630. The van der Waals surface area contributed by atoms with E-state index in [1.54, 1.807) is 0 Å². The second kappa shape index (κ2) is 51.1. The Kier molecular flexibility index (Phi) is 46.8. The monoisotopic (exact) mass is 889 g/mol. The minimum atomic E-state index is -0.853. The fourth-order valence-electron chi connectivity index (χ4n) is 5.58. The zero-order chi connectivity index (χ0) is 47.2. The maximum atomic E-state index is 12.8. The van der Waals surface area contributed by atoms with Crippen molar-refractivity contribution in [1.29, 1.82) is 0 Å². The molecule has 0 heterocycles. The quantitative estimate of drug-likeness (QED) is 0.0200. The molecule has 1 atom stereocenters. The normalized spacial score (nSPS) is 13.7. The largest absolute Gasteiger partial charge is 0.462 e. The van der Waals surface area contributed by atoms with Crippen molar-refractivity contribution < 1.29 is 28.6 Å². The molecule has 0 aliphatic heterocycles. The maximum Gasteiger partial charge on any atom is 0.306 e. The van der Waals surface area contributed by atoms with Crippen molar-refractivity contribution in [1.82, 2.24) is 0 Å². The molecule has 0 aromatic carbocycles. The van der Waals surface area contributed by atoms with E-state index >= 15 is 0 Å². The average molecular weight is 889 g/mol. The maximum absolute atomic E-state index is 12.8. The van der Waals surface area contributed by atoms with Gasteiger partial charge in [-0.2, -0.15) is 0 Å². The highest BCUT2D eigenvalue weighted by molar-refractivity contribution is 5.71. The van der Waals surface area contributed by atoms with Crippen LogP contribution in [0.3, 0.4) is 0 Å². The minimum absolute atomic E-state index is 0.146. The van der Waals surface area contributed by atoms with Crippen LogP contribution in [-0.2, 0) is 28.6 Å². The number of unbranched alkanes of at least 4 members (excludes halogenated alkanes) is 7. The van der Waals surface area contributed by atoms with Crippen LogP contribution in [0.1, 0.15) is 149 Å². The van der Waals surface area contributed by atoms with E-state index < -0.39 is 6.10 Å². The van der Waals surface area contributed by atoms with Crippen LogP contribution in [0.5, 0.6) is 0 Å². The molecule has 0 aromatic heterocycles. The third kappa shape index (κ3) is 49.4. The average Bonchev–Trinajstić information content (AvgIpc) is 3.30. The lowest BCUT2D eigenvalue weighted by Crippen LogP contribution is -2.30. The lowest BCUT2D eigenvalue weighted by atomic mass is 10.1. The Morgan fingerprint density at radius 3 is 1.08 bits per heavy atom. The van der Waals surface area contributed by atoms with Crippen molar-refractivity contribution in [3.05, 3.63) is 182 Å². The summed E-state index contributed by atoms with van der Waals surface area (Å²) in [6, 6.07) is 0. The van der Waals surface area contributed by atoms with E-state index in [1.807, 2.05) is 103 Å². The Balaban J connectivity index is 4.66. The van der Waals surface area contributed by atoms with Crippen molar-refractivity contribution in [2.24, 2.45) is 0 Å². The molecule has 0 bridgehead atoms. The smallest absolute Gasteiger partial charge is 0.306 e. The Hall–Kier alpha value is -5.49. The van der Waals surface area contributed by atoms with Crippen LogP contribution in [0.25, 0.3) is 0 Å². The molecule has 0 amide bonds. The van der Waals surface area contributed by atoms with Crippen LogP contribution in [0.15, 0.2) is 182 Å². The summed E-state index contributed by atoms with van der Waals surface area (Å²) in [4.78, 5) is 37.9. The summed E-state index contributed by atoms with van der Waals surface area (Å²) >= 11 is 0. The molecular weight excluding hydrogens is 805 g/mol. The molecule has 65 heavy (non-hydrogen) atoms. The van der Waals surface area contributed by atoms with Crippen LogP contribution in [-0.4, -0.2) is 37.2 Å². The third-order valence-corrected chi connectivity index (χ3v) is 9.14. The Labute approximate surface area is 395 Å². The molecule has 6 nitrogen and oxygen atoms in total. The molecular formula is C59H84O6. The van der Waals surface area contributed by atoms with Gasteiger partial charge in [0.05, 0.1) is 0 Å². The van der Waals surface area contributed by atoms with E-state index in [4.69, 9.17) is 14.2 Å². The molecule has 0 aliphatic carbocycles. The van der Waals surface area contributed by atoms with Gasteiger partial charge in [0.1, 0.15) is 13.2 Å².